The van der Waals surface area contributed by atoms with Crippen molar-refractivity contribution < 1.29 is 55.3 Å². The third kappa shape index (κ3) is 7.84. The maximum absolute atomic E-state index is 15.4. The van der Waals surface area contributed by atoms with E-state index < -0.39 is 83.1 Å². The number of aliphatic hydroxyl groups is 1. The van der Waals surface area contributed by atoms with Crippen molar-refractivity contribution in [2.24, 2.45) is 28.6 Å². The van der Waals surface area contributed by atoms with Gasteiger partial charge in [-0.25, -0.2) is 4.98 Å². The van der Waals surface area contributed by atoms with Crippen LogP contribution in [-0.4, -0.2) is 136 Å². The van der Waals surface area contributed by atoms with Crippen molar-refractivity contribution in [2.75, 3.05) is 59.1 Å². The number of amides is 3. The highest BCUT2D eigenvalue weighted by molar-refractivity contribution is 7.09. The van der Waals surface area contributed by atoms with Gasteiger partial charge in [0.2, 0.25) is 11.8 Å². The van der Waals surface area contributed by atoms with Gasteiger partial charge in [0, 0.05) is 87.5 Å². The molecule has 1 aliphatic carbocycles. The number of nitrogens with one attached hydrogen (secondary N) is 1. The average molecular weight is 880 g/mol. The summed E-state index contributed by atoms with van der Waals surface area (Å²) < 4.78 is 98.9. The monoisotopic (exact) mass is 879 g/mol. The largest absolute Gasteiger partial charge is 0.416 e. The van der Waals surface area contributed by atoms with Gasteiger partial charge >= 0.3 is 12.4 Å². The van der Waals surface area contributed by atoms with Crippen molar-refractivity contribution in [3.8, 4) is 0 Å². The zero-order chi connectivity index (χ0) is 42.9. The fourth-order valence-electron chi connectivity index (χ4n) is 10.4. The number of fused-ring (bicyclic) bond motifs is 3. The Labute approximate surface area is 351 Å². The van der Waals surface area contributed by atoms with Crippen molar-refractivity contribution in [3.05, 3.63) is 69.9 Å². The van der Waals surface area contributed by atoms with Crippen LogP contribution in [0.3, 0.4) is 0 Å². The normalized spacial score (nSPS) is 32.3. The number of rotatable bonds is 8. The molecule has 6 atom stereocenters. The van der Waals surface area contributed by atoms with E-state index in [1.54, 1.807) is 11.1 Å². The van der Waals surface area contributed by atoms with Crippen molar-refractivity contribution in [3.63, 3.8) is 0 Å². The number of benzene rings is 1. The molecule has 3 amide bonds. The molecule has 20 heteroatoms. The molecule has 2 bridgehead atoms. The van der Waals surface area contributed by atoms with Gasteiger partial charge in [0.15, 0.2) is 0 Å². The van der Waals surface area contributed by atoms with Crippen LogP contribution in [0.1, 0.15) is 64.5 Å². The van der Waals surface area contributed by atoms with E-state index in [-0.39, 0.29) is 56.7 Å². The lowest BCUT2D eigenvalue weighted by Crippen LogP contribution is -2.67. The number of carbonyl (C=O) groups excluding carboxylic acids is 3. The van der Waals surface area contributed by atoms with Gasteiger partial charge in [-0.15, -0.1) is 11.3 Å². The number of alkyl halides is 6. The van der Waals surface area contributed by atoms with Gasteiger partial charge in [-0.3, -0.25) is 24.0 Å². The van der Waals surface area contributed by atoms with Gasteiger partial charge < -0.3 is 29.7 Å². The van der Waals surface area contributed by atoms with Crippen LogP contribution < -0.4 is 5.32 Å². The summed E-state index contributed by atoms with van der Waals surface area (Å²) in [4.78, 5) is 52.3. The fourth-order valence-corrected chi connectivity index (χ4v) is 11.2. The van der Waals surface area contributed by atoms with Crippen LogP contribution in [0.2, 0.25) is 0 Å². The molecule has 13 nitrogen and oxygen atoms in total. The summed E-state index contributed by atoms with van der Waals surface area (Å²) >= 11 is 1.52. The molecule has 3 aromatic rings. The predicted molar refractivity (Wildman–Crippen MR) is 205 cm³/mol. The molecule has 10 rings (SSSR count). The molecule has 2 aromatic heterocycles. The van der Waals surface area contributed by atoms with E-state index in [0.29, 0.717) is 57.6 Å². The second-order valence-electron chi connectivity index (χ2n) is 17.7. The van der Waals surface area contributed by atoms with Gasteiger partial charge in [-0.05, 0) is 55.7 Å². The number of nitrogens with zero attached hydrogens (tertiary/aromatic N) is 6. The smallest absolute Gasteiger partial charge is 0.381 e. The summed E-state index contributed by atoms with van der Waals surface area (Å²) in [5, 5.41) is 21.7. The van der Waals surface area contributed by atoms with Crippen LogP contribution in [0.5, 0.6) is 0 Å². The van der Waals surface area contributed by atoms with Gasteiger partial charge in [0.1, 0.15) is 17.7 Å². The van der Waals surface area contributed by atoms with E-state index >= 15 is 13.2 Å². The molecular weight excluding hydrogens is 833 g/mol. The van der Waals surface area contributed by atoms with Gasteiger partial charge in [-0.2, -0.15) is 31.4 Å². The second-order valence-corrected chi connectivity index (χ2v) is 18.6. The van der Waals surface area contributed by atoms with Crippen molar-refractivity contribution >= 4 is 29.1 Å². The van der Waals surface area contributed by atoms with Crippen molar-refractivity contribution in [1.82, 2.24) is 34.8 Å². The maximum atomic E-state index is 15.4. The number of carbonyl (C=O) groups is 3. The third-order valence-electron chi connectivity index (χ3n) is 13.9. The molecule has 7 fully saturated rings. The minimum Gasteiger partial charge on any atom is -0.381 e. The summed E-state index contributed by atoms with van der Waals surface area (Å²) in [6.07, 6.45) is -6.36. The zero-order valence-corrected chi connectivity index (χ0v) is 33.9. The highest BCUT2D eigenvalue weighted by Gasteiger charge is 2.79. The SMILES string of the molecule is O=C1N[C@H](C(=O)N2CCC(c3nccs3)CC2)[C@H](OCC2CCOCC2)C2CC2(C(F)(F)F)C(O)N2CC3(CN(C(=O)c4cnn(Cc5ccc(C(F)(F)F)cc5)c4)C[C@@H]13)C2. The first-order chi connectivity index (χ1) is 29.1. The number of piperidine rings is 1. The van der Waals surface area contributed by atoms with Crippen LogP contribution in [0.15, 0.2) is 48.2 Å². The Morgan fingerprint density at radius 3 is 2.38 bits per heavy atom. The molecule has 1 aromatic carbocycles. The van der Waals surface area contributed by atoms with E-state index in [4.69, 9.17) is 9.47 Å². The first-order valence-corrected chi connectivity index (χ1v) is 21.6. The van der Waals surface area contributed by atoms with Gasteiger partial charge in [0.05, 0.1) is 47.5 Å². The topological polar surface area (TPSA) is 142 Å². The van der Waals surface area contributed by atoms with Crippen LogP contribution in [0, 0.1) is 28.6 Å². The highest BCUT2D eigenvalue weighted by Crippen LogP contribution is 2.68. The molecule has 1 saturated carbocycles. The summed E-state index contributed by atoms with van der Waals surface area (Å²) in [5.41, 5.74) is -3.79. The molecule has 61 heavy (non-hydrogen) atoms. The Kier molecular flexibility index (Phi) is 11.0. The molecule has 6 saturated heterocycles. The first kappa shape index (κ1) is 42.2. The molecule has 330 valence electrons. The second kappa shape index (κ2) is 15.9. The van der Waals surface area contributed by atoms with Crippen molar-refractivity contribution in [1.29, 1.82) is 0 Å². The molecule has 6 aliphatic heterocycles. The summed E-state index contributed by atoms with van der Waals surface area (Å²) in [5.74, 6) is -3.82. The number of aromatic nitrogens is 3. The number of thiazole rings is 1. The molecule has 0 radical (unpaired) electrons. The summed E-state index contributed by atoms with van der Waals surface area (Å²) in [6.45, 7) is 1.35. The van der Waals surface area contributed by atoms with Crippen LogP contribution in [0.25, 0.3) is 0 Å². The summed E-state index contributed by atoms with van der Waals surface area (Å²) in [6, 6.07) is 3.06. The van der Waals surface area contributed by atoms with Crippen molar-refractivity contribution in [2.45, 2.75) is 75.3 Å². The molecule has 1 spiro atoms. The Hall–Kier alpha value is -4.11. The average Bonchev–Trinajstić information content (AvgIpc) is 3.58. The molecular formula is C41H47F6N7O6S. The molecule has 8 heterocycles. The number of likely N-dealkylation sites (tertiary alicyclic amines) is 2. The predicted octanol–water partition coefficient (Wildman–Crippen LogP) is 4.38. The van der Waals surface area contributed by atoms with Gasteiger partial charge in [-0.1, -0.05) is 12.1 Å². The number of hydrogen-bond acceptors (Lipinski definition) is 10. The molecule has 2 N–H and O–H groups in total. The maximum Gasteiger partial charge on any atom is 0.416 e. The zero-order valence-electron chi connectivity index (χ0n) is 33.1. The van der Waals surface area contributed by atoms with Crippen LogP contribution in [-0.2, 0) is 31.8 Å². The Morgan fingerprint density at radius 1 is 1.00 bits per heavy atom. The number of hydrogen-bond donors (Lipinski definition) is 2. The van der Waals surface area contributed by atoms with E-state index in [2.05, 4.69) is 15.4 Å². The minimum absolute atomic E-state index is 0.00771. The minimum atomic E-state index is -4.88. The van der Waals surface area contributed by atoms with E-state index in [9.17, 15) is 32.7 Å². The lowest BCUT2D eigenvalue weighted by Gasteiger charge is -2.53. The quantitative estimate of drug-likeness (QED) is 0.316. The number of halogens is 6. The van der Waals surface area contributed by atoms with E-state index in [1.807, 2.05) is 5.38 Å². The Morgan fingerprint density at radius 2 is 1.72 bits per heavy atom. The lowest BCUT2D eigenvalue weighted by molar-refractivity contribution is -0.265. The highest BCUT2D eigenvalue weighted by atomic mass is 32.1. The van der Waals surface area contributed by atoms with Crippen LogP contribution >= 0.6 is 11.3 Å². The Balaban J connectivity index is 0.990. The van der Waals surface area contributed by atoms with E-state index in [0.717, 1.165) is 17.1 Å². The molecule has 3 unspecified atom stereocenters. The van der Waals surface area contributed by atoms with Crippen LogP contribution in [0.4, 0.5) is 26.3 Å². The molecule has 7 aliphatic rings. The summed E-state index contributed by atoms with van der Waals surface area (Å²) in [7, 11) is 0. The first-order valence-electron chi connectivity index (χ1n) is 20.7. The third-order valence-corrected chi connectivity index (χ3v) is 14.9. The van der Waals surface area contributed by atoms with Gasteiger partial charge in [0.25, 0.3) is 5.91 Å². The Bertz CT molecular complexity index is 2080. The lowest BCUT2D eigenvalue weighted by atomic mass is 9.70. The number of ether oxygens (including phenoxy) is 2. The fraction of sp³-hybridized carbons (Fsp3) is 0.634. The van der Waals surface area contributed by atoms with E-state index in [1.165, 1.54) is 50.3 Å². The standard InChI is InChI=1S/C41H47F6N7O6S/c42-40(43,44)28-3-1-24(2-4-28)17-54-18-27(16-49-54)35(56)52-19-30-33(55)50-31(36(57)51-10-5-26(6-11-51)34-48-9-14-61-34)32(60-20-25-7-12-59-13-8-25)29-15-39(29,41(45,46)47)37(58)53-22-38(30,21-52)23-53/h1-4,9,14,16,18,25-26,29-32,37,58H,5-8,10-13,15,17,19-23H2,(H,50,55)/t29?,30-,31-,32+,37?,39?/m0/s1. The number of aliphatic hydroxyl groups excluding tert-OH is 1.